The van der Waals surface area contributed by atoms with Crippen molar-refractivity contribution in [3.8, 4) is 0 Å². The minimum absolute atomic E-state index is 0.115. The Morgan fingerprint density at radius 2 is 2.40 bits per heavy atom. The number of ether oxygens (including phenoxy) is 1. The van der Waals surface area contributed by atoms with Gasteiger partial charge < -0.3 is 10.1 Å². The number of esters is 1. The van der Waals surface area contributed by atoms with Crippen LogP contribution in [0.3, 0.4) is 0 Å². The van der Waals surface area contributed by atoms with E-state index in [2.05, 4.69) is 20.0 Å². The third kappa shape index (κ3) is 2.36. The van der Waals surface area contributed by atoms with Crippen LogP contribution in [0.25, 0.3) is 0 Å². The van der Waals surface area contributed by atoms with Gasteiger partial charge in [-0.1, -0.05) is 11.6 Å². The molecular weight excluding hydrogens is 218 g/mol. The monoisotopic (exact) mass is 227 g/mol. The number of methoxy groups -OCH3 is 1. The zero-order valence-electron chi connectivity index (χ0n) is 8.16. The molecule has 0 amide bonds. The largest absolute Gasteiger partial charge is 0.464 e. The van der Waals surface area contributed by atoms with Crippen LogP contribution in [0.15, 0.2) is 6.20 Å². The number of nitrogens with one attached hydrogen (secondary N) is 1. The van der Waals surface area contributed by atoms with Crippen LogP contribution in [0.5, 0.6) is 0 Å². The standard InChI is InChI=1S/C9H10ClN3O2/c1-15-9(14)6-4-11-8(7(10)13-6)12-5-2-3-5/h4-5H,2-3H2,1H3,(H,11,12). The second-order valence-electron chi connectivity index (χ2n) is 3.30. The van der Waals surface area contributed by atoms with Gasteiger partial charge in [0.1, 0.15) is 0 Å². The number of carbonyl (C=O) groups is 1. The fraction of sp³-hybridized carbons (Fsp3) is 0.444. The molecule has 0 unspecified atom stereocenters. The summed E-state index contributed by atoms with van der Waals surface area (Å²) in [5.74, 6) is -0.0193. The molecule has 6 heteroatoms. The van der Waals surface area contributed by atoms with E-state index in [0.29, 0.717) is 11.9 Å². The minimum Gasteiger partial charge on any atom is -0.464 e. The van der Waals surface area contributed by atoms with Crippen LogP contribution in [0.1, 0.15) is 23.3 Å². The Hall–Kier alpha value is -1.36. The first-order valence-corrected chi connectivity index (χ1v) is 4.96. The highest BCUT2D eigenvalue weighted by Gasteiger charge is 2.23. The summed E-state index contributed by atoms with van der Waals surface area (Å²) in [4.78, 5) is 19.0. The van der Waals surface area contributed by atoms with Crippen LogP contribution in [0, 0.1) is 0 Å². The number of rotatable bonds is 3. The van der Waals surface area contributed by atoms with E-state index in [-0.39, 0.29) is 10.8 Å². The van der Waals surface area contributed by atoms with Crippen molar-refractivity contribution in [3.05, 3.63) is 17.0 Å². The molecule has 0 spiro atoms. The first-order valence-electron chi connectivity index (χ1n) is 4.58. The Kier molecular flexibility index (Phi) is 2.73. The summed E-state index contributed by atoms with van der Waals surface area (Å²) in [7, 11) is 1.29. The van der Waals surface area contributed by atoms with Crippen molar-refractivity contribution >= 4 is 23.4 Å². The van der Waals surface area contributed by atoms with E-state index in [9.17, 15) is 4.79 Å². The molecule has 5 nitrogen and oxygen atoms in total. The third-order valence-corrected chi connectivity index (χ3v) is 2.31. The average Bonchev–Trinajstić information content (AvgIpc) is 3.04. The van der Waals surface area contributed by atoms with Crippen molar-refractivity contribution in [2.45, 2.75) is 18.9 Å². The van der Waals surface area contributed by atoms with Crippen LogP contribution in [-0.2, 0) is 4.74 Å². The number of halogens is 1. The smallest absolute Gasteiger partial charge is 0.358 e. The summed E-state index contributed by atoms with van der Waals surface area (Å²) < 4.78 is 4.50. The second kappa shape index (κ2) is 4.02. The molecule has 15 heavy (non-hydrogen) atoms. The van der Waals surface area contributed by atoms with Gasteiger partial charge in [-0.25, -0.2) is 14.8 Å². The van der Waals surface area contributed by atoms with Crippen molar-refractivity contribution in [1.82, 2.24) is 9.97 Å². The lowest BCUT2D eigenvalue weighted by Crippen LogP contribution is -2.09. The molecule has 1 fully saturated rings. The highest BCUT2D eigenvalue weighted by Crippen LogP contribution is 2.26. The molecule has 1 aliphatic rings. The first-order chi connectivity index (χ1) is 7.20. The molecule has 0 aromatic carbocycles. The van der Waals surface area contributed by atoms with E-state index in [1.165, 1.54) is 13.3 Å². The van der Waals surface area contributed by atoms with E-state index in [1.54, 1.807) is 0 Å². The lowest BCUT2D eigenvalue weighted by atomic mass is 10.4. The van der Waals surface area contributed by atoms with Crippen LogP contribution < -0.4 is 5.32 Å². The molecule has 0 aliphatic heterocycles. The Morgan fingerprint density at radius 3 is 2.93 bits per heavy atom. The number of hydrogen-bond donors (Lipinski definition) is 1. The lowest BCUT2D eigenvalue weighted by Gasteiger charge is -2.05. The second-order valence-corrected chi connectivity index (χ2v) is 3.66. The van der Waals surface area contributed by atoms with Gasteiger partial charge in [-0.05, 0) is 12.8 Å². The quantitative estimate of drug-likeness (QED) is 0.793. The SMILES string of the molecule is COC(=O)c1cnc(NC2CC2)c(Cl)n1. The topological polar surface area (TPSA) is 64.1 Å². The van der Waals surface area contributed by atoms with E-state index in [1.807, 2.05) is 0 Å². The predicted octanol–water partition coefficient (Wildman–Crippen LogP) is 1.49. The molecule has 1 heterocycles. The maximum atomic E-state index is 11.1. The van der Waals surface area contributed by atoms with Crippen LogP contribution in [0.2, 0.25) is 5.15 Å². The van der Waals surface area contributed by atoms with E-state index < -0.39 is 5.97 Å². The molecule has 0 atom stereocenters. The van der Waals surface area contributed by atoms with Gasteiger partial charge in [0, 0.05) is 6.04 Å². The van der Waals surface area contributed by atoms with Gasteiger partial charge in [0.05, 0.1) is 13.3 Å². The molecule has 1 aliphatic carbocycles. The first kappa shape index (κ1) is 10.2. The van der Waals surface area contributed by atoms with E-state index in [0.717, 1.165) is 12.8 Å². The van der Waals surface area contributed by atoms with Crippen LogP contribution >= 0.6 is 11.6 Å². The van der Waals surface area contributed by atoms with Crippen molar-refractivity contribution in [2.75, 3.05) is 12.4 Å². The molecule has 1 aromatic rings. The zero-order valence-corrected chi connectivity index (χ0v) is 8.91. The Balaban J connectivity index is 2.17. The molecular formula is C9H10ClN3O2. The average molecular weight is 228 g/mol. The summed E-state index contributed by atoms with van der Waals surface area (Å²) in [5.41, 5.74) is 0.115. The van der Waals surface area contributed by atoms with E-state index >= 15 is 0 Å². The minimum atomic E-state index is -0.539. The molecule has 0 saturated heterocycles. The summed E-state index contributed by atoms with van der Waals surface area (Å²) >= 11 is 5.86. The number of hydrogen-bond acceptors (Lipinski definition) is 5. The molecule has 1 saturated carbocycles. The summed E-state index contributed by atoms with van der Waals surface area (Å²) in [6, 6.07) is 0.445. The van der Waals surface area contributed by atoms with Gasteiger partial charge in [0.15, 0.2) is 16.7 Å². The molecule has 0 bridgehead atoms. The molecule has 1 aromatic heterocycles. The van der Waals surface area contributed by atoms with Crippen molar-refractivity contribution < 1.29 is 9.53 Å². The van der Waals surface area contributed by atoms with Crippen molar-refractivity contribution in [2.24, 2.45) is 0 Å². The molecule has 80 valence electrons. The van der Waals surface area contributed by atoms with Gasteiger partial charge in [0.25, 0.3) is 0 Å². The van der Waals surface area contributed by atoms with Crippen LogP contribution in [0.4, 0.5) is 5.82 Å². The fourth-order valence-corrected chi connectivity index (χ4v) is 1.28. The van der Waals surface area contributed by atoms with Gasteiger partial charge in [-0.2, -0.15) is 0 Å². The van der Waals surface area contributed by atoms with Crippen molar-refractivity contribution in [1.29, 1.82) is 0 Å². The summed E-state index contributed by atoms with van der Waals surface area (Å²) in [6.07, 6.45) is 3.59. The predicted molar refractivity (Wildman–Crippen MR) is 55.0 cm³/mol. The molecule has 1 N–H and O–H groups in total. The maximum absolute atomic E-state index is 11.1. The van der Waals surface area contributed by atoms with E-state index in [4.69, 9.17) is 11.6 Å². The van der Waals surface area contributed by atoms with Gasteiger partial charge in [-0.3, -0.25) is 0 Å². The van der Waals surface area contributed by atoms with Crippen LogP contribution in [-0.4, -0.2) is 29.1 Å². The lowest BCUT2D eigenvalue weighted by molar-refractivity contribution is 0.0593. The van der Waals surface area contributed by atoms with Gasteiger partial charge in [-0.15, -0.1) is 0 Å². The van der Waals surface area contributed by atoms with Gasteiger partial charge >= 0.3 is 5.97 Å². The molecule has 2 rings (SSSR count). The molecule has 0 radical (unpaired) electrons. The maximum Gasteiger partial charge on any atom is 0.358 e. The normalized spacial score (nSPS) is 14.8. The fourth-order valence-electron chi connectivity index (χ4n) is 1.09. The number of anilines is 1. The summed E-state index contributed by atoms with van der Waals surface area (Å²) in [5, 5.41) is 3.31. The number of nitrogens with zero attached hydrogens (tertiary/aromatic N) is 2. The third-order valence-electron chi connectivity index (χ3n) is 2.04. The van der Waals surface area contributed by atoms with Gasteiger partial charge in [0.2, 0.25) is 0 Å². The number of aromatic nitrogens is 2. The highest BCUT2D eigenvalue weighted by atomic mass is 35.5. The summed E-state index contributed by atoms with van der Waals surface area (Å²) in [6.45, 7) is 0. The Labute approximate surface area is 91.8 Å². The van der Waals surface area contributed by atoms with Crippen molar-refractivity contribution in [3.63, 3.8) is 0 Å². The Morgan fingerprint density at radius 1 is 1.67 bits per heavy atom. The highest BCUT2D eigenvalue weighted by molar-refractivity contribution is 6.31. The Bertz CT molecular complexity index is 393. The number of carbonyl (C=O) groups excluding carboxylic acids is 1. The zero-order chi connectivity index (χ0) is 10.8.